The van der Waals surface area contributed by atoms with E-state index in [0.29, 0.717) is 28.3 Å². The van der Waals surface area contributed by atoms with E-state index in [9.17, 15) is 9.59 Å². The van der Waals surface area contributed by atoms with Crippen LogP contribution in [0.5, 0.6) is 11.5 Å². The Balaban J connectivity index is 2.14. The number of methoxy groups -OCH3 is 2. The number of anilines is 1. The number of aryl methyl sites for hydroxylation is 2. The molecule has 140 valence electrons. The van der Waals surface area contributed by atoms with Gasteiger partial charge in [-0.25, -0.2) is 0 Å². The van der Waals surface area contributed by atoms with Gasteiger partial charge in [-0.15, -0.1) is 0 Å². The van der Waals surface area contributed by atoms with E-state index < -0.39 is 5.91 Å². The molecule has 0 bridgehead atoms. The molecule has 1 aliphatic heterocycles. The number of carbonyl (C=O) groups excluding carboxylic acids is 2. The number of amides is 2. The number of carbonyl (C=O) groups is 2. The first kappa shape index (κ1) is 18.5. The van der Waals surface area contributed by atoms with Crippen LogP contribution < -0.4 is 14.8 Å². The number of hydrogen-bond acceptors (Lipinski definition) is 5. The van der Waals surface area contributed by atoms with Gasteiger partial charge in [-0.1, -0.05) is 18.2 Å². The van der Waals surface area contributed by atoms with Crippen LogP contribution in [-0.2, 0) is 9.59 Å². The molecule has 0 fully saturated rings. The minimum atomic E-state index is -0.391. The summed E-state index contributed by atoms with van der Waals surface area (Å²) in [5, 5.41) is 3.09. The van der Waals surface area contributed by atoms with Crippen LogP contribution in [-0.4, -0.2) is 38.0 Å². The summed E-state index contributed by atoms with van der Waals surface area (Å²) >= 11 is 0. The zero-order valence-electron chi connectivity index (χ0n) is 16.0. The van der Waals surface area contributed by atoms with Crippen molar-refractivity contribution in [2.75, 3.05) is 26.6 Å². The fourth-order valence-corrected chi connectivity index (χ4v) is 2.97. The lowest BCUT2D eigenvalue weighted by atomic mass is 9.99. The third-order valence-corrected chi connectivity index (χ3v) is 4.75. The molecule has 0 atom stereocenters. The van der Waals surface area contributed by atoms with E-state index in [1.165, 1.54) is 7.05 Å². The summed E-state index contributed by atoms with van der Waals surface area (Å²) in [7, 11) is 4.58. The van der Waals surface area contributed by atoms with Crippen molar-refractivity contribution in [3.63, 3.8) is 0 Å². The topological polar surface area (TPSA) is 67.9 Å². The number of rotatable bonds is 5. The Bertz CT molecular complexity index is 963. The van der Waals surface area contributed by atoms with E-state index in [4.69, 9.17) is 9.47 Å². The summed E-state index contributed by atoms with van der Waals surface area (Å²) in [6.45, 7) is 3.98. The Morgan fingerprint density at radius 1 is 0.889 bits per heavy atom. The van der Waals surface area contributed by atoms with Crippen molar-refractivity contribution in [2.45, 2.75) is 13.8 Å². The number of imide groups is 1. The maximum Gasteiger partial charge on any atom is 0.277 e. The highest BCUT2D eigenvalue weighted by Gasteiger charge is 2.37. The fourth-order valence-electron chi connectivity index (χ4n) is 2.97. The molecule has 0 saturated heterocycles. The molecule has 0 unspecified atom stereocenters. The lowest BCUT2D eigenvalue weighted by Crippen LogP contribution is -2.28. The van der Waals surface area contributed by atoms with Crippen LogP contribution in [0.4, 0.5) is 5.69 Å². The van der Waals surface area contributed by atoms with Gasteiger partial charge < -0.3 is 14.8 Å². The second kappa shape index (κ2) is 7.15. The van der Waals surface area contributed by atoms with Crippen molar-refractivity contribution in [3.05, 3.63) is 58.8 Å². The molecule has 27 heavy (non-hydrogen) atoms. The van der Waals surface area contributed by atoms with Gasteiger partial charge >= 0.3 is 0 Å². The summed E-state index contributed by atoms with van der Waals surface area (Å²) < 4.78 is 10.6. The van der Waals surface area contributed by atoms with Gasteiger partial charge in [0.1, 0.15) is 17.2 Å². The van der Waals surface area contributed by atoms with Gasteiger partial charge in [-0.3, -0.25) is 14.5 Å². The largest absolute Gasteiger partial charge is 0.497 e. The highest BCUT2D eigenvalue weighted by molar-refractivity contribution is 6.36. The Hall–Kier alpha value is -3.28. The highest BCUT2D eigenvalue weighted by atomic mass is 16.5. The number of ether oxygens (including phenoxy) is 2. The number of hydrogen-bond donors (Lipinski definition) is 1. The molecule has 0 aromatic heterocycles. The van der Waals surface area contributed by atoms with Crippen molar-refractivity contribution in [3.8, 4) is 11.5 Å². The number of benzene rings is 2. The molecule has 1 aliphatic rings. The van der Waals surface area contributed by atoms with Crippen LogP contribution in [0.25, 0.3) is 5.57 Å². The first-order valence-corrected chi connectivity index (χ1v) is 8.50. The normalized spacial score (nSPS) is 14.0. The molecule has 2 aromatic carbocycles. The van der Waals surface area contributed by atoms with Gasteiger partial charge in [-0.05, 0) is 42.7 Å². The molecular weight excluding hydrogens is 344 g/mol. The lowest BCUT2D eigenvalue weighted by molar-refractivity contribution is -0.135. The van der Waals surface area contributed by atoms with Gasteiger partial charge in [-0.2, -0.15) is 0 Å². The van der Waals surface area contributed by atoms with Gasteiger partial charge in [0.25, 0.3) is 11.8 Å². The fraction of sp³-hybridized carbons (Fsp3) is 0.238. The molecule has 2 aromatic rings. The smallest absolute Gasteiger partial charge is 0.277 e. The third-order valence-electron chi connectivity index (χ3n) is 4.75. The van der Waals surface area contributed by atoms with Crippen LogP contribution in [0.1, 0.15) is 16.7 Å². The Morgan fingerprint density at radius 2 is 1.63 bits per heavy atom. The Labute approximate surface area is 158 Å². The molecule has 0 radical (unpaired) electrons. The molecular formula is C21H22N2O4. The van der Waals surface area contributed by atoms with E-state index >= 15 is 0 Å². The Morgan fingerprint density at radius 3 is 2.26 bits per heavy atom. The monoisotopic (exact) mass is 366 g/mol. The number of nitrogens with one attached hydrogen (secondary N) is 1. The van der Waals surface area contributed by atoms with Crippen molar-refractivity contribution in [1.82, 2.24) is 4.90 Å². The average Bonchev–Trinajstić information content (AvgIpc) is 2.88. The third kappa shape index (κ3) is 3.26. The van der Waals surface area contributed by atoms with Crippen molar-refractivity contribution in [2.24, 2.45) is 0 Å². The molecule has 6 nitrogen and oxygen atoms in total. The lowest BCUT2D eigenvalue weighted by Gasteiger charge is -2.14. The zero-order valence-corrected chi connectivity index (χ0v) is 16.0. The summed E-state index contributed by atoms with van der Waals surface area (Å²) in [6.07, 6.45) is 0. The SMILES string of the molecule is COc1ccc(OC)c(NC2=C(c3ccc(C)c(C)c3)C(=O)N(C)C2=O)c1. The first-order chi connectivity index (χ1) is 12.9. The minimum Gasteiger partial charge on any atom is -0.497 e. The standard InChI is InChI=1S/C21H22N2O4/c1-12-6-7-14(10-13(12)2)18-19(21(25)23(3)20(18)24)22-16-11-15(26-4)8-9-17(16)27-5/h6-11,22H,1-5H3. The van der Waals surface area contributed by atoms with Gasteiger partial charge in [0.2, 0.25) is 0 Å². The van der Waals surface area contributed by atoms with Crippen LogP contribution in [0, 0.1) is 13.8 Å². The summed E-state index contributed by atoms with van der Waals surface area (Å²) in [5.41, 5.74) is 3.98. The van der Waals surface area contributed by atoms with E-state index in [0.717, 1.165) is 16.0 Å². The maximum absolute atomic E-state index is 12.7. The van der Waals surface area contributed by atoms with Crippen LogP contribution in [0.2, 0.25) is 0 Å². The molecule has 1 heterocycles. The van der Waals surface area contributed by atoms with E-state index in [-0.39, 0.29) is 11.6 Å². The quantitative estimate of drug-likeness (QED) is 0.824. The predicted molar refractivity (Wildman–Crippen MR) is 104 cm³/mol. The molecule has 0 spiro atoms. The van der Waals surface area contributed by atoms with Crippen LogP contribution in [0.3, 0.4) is 0 Å². The minimum absolute atomic E-state index is 0.220. The molecule has 2 amide bonds. The summed E-state index contributed by atoms with van der Waals surface area (Å²) in [6, 6.07) is 10.9. The zero-order chi connectivity index (χ0) is 19.7. The van der Waals surface area contributed by atoms with E-state index in [1.807, 2.05) is 32.0 Å². The molecule has 1 N–H and O–H groups in total. The highest BCUT2D eigenvalue weighted by Crippen LogP contribution is 2.35. The maximum atomic E-state index is 12.7. The van der Waals surface area contributed by atoms with Crippen LogP contribution >= 0.6 is 0 Å². The number of likely N-dealkylation sites (N-methyl/N-ethyl adjacent to an activating group) is 1. The van der Waals surface area contributed by atoms with Crippen molar-refractivity contribution in [1.29, 1.82) is 0 Å². The van der Waals surface area contributed by atoms with Gasteiger partial charge in [0.05, 0.1) is 25.5 Å². The molecule has 6 heteroatoms. The van der Waals surface area contributed by atoms with Gasteiger partial charge in [0.15, 0.2) is 0 Å². The van der Waals surface area contributed by atoms with Crippen LogP contribution in [0.15, 0.2) is 42.1 Å². The second-order valence-electron chi connectivity index (χ2n) is 6.41. The van der Waals surface area contributed by atoms with Crippen molar-refractivity contribution >= 4 is 23.1 Å². The number of nitrogens with zero attached hydrogens (tertiary/aromatic N) is 1. The predicted octanol–water partition coefficient (Wildman–Crippen LogP) is 3.14. The summed E-state index contributed by atoms with van der Waals surface area (Å²) in [4.78, 5) is 26.6. The van der Waals surface area contributed by atoms with Crippen molar-refractivity contribution < 1.29 is 19.1 Å². The Kier molecular flexibility index (Phi) is 4.90. The first-order valence-electron chi connectivity index (χ1n) is 8.50. The molecule has 0 saturated carbocycles. The van der Waals surface area contributed by atoms with Gasteiger partial charge in [0, 0.05) is 13.1 Å². The van der Waals surface area contributed by atoms with E-state index in [1.54, 1.807) is 32.4 Å². The molecule has 0 aliphatic carbocycles. The summed E-state index contributed by atoms with van der Waals surface area (Å²) in [5.74, 6) is 0.417. The average molecular weight is 366 g/mol. The molecule has 3 rings (SSSR count). The van der Waals surface area contributed by atoms with E-state index in [2.05, 4.69) is 5.32 Å². The second-order valence-corrected chi connectivity index (χ2v) is 6.41.